The third-order valence-electron chi connectivity index (χ3n) is 5.41. The molecule has 0 atom stereocenters. The lowest BCUT2D eigenvalue weighted by molar-refractivity contribution is -0.113. The topological polar surface area (TPSA) is 57.2 Å². The number of ketones is 1. The van der Waals surface area contributed by atoms with E-state index in [-0.39, 0.29) is 5.78 Å². The zero-order valence-corrected chi connectivity index (χ0v) is 20.8. The van der Waals surface area contributed by atoms with E-state index in [0.29, 0.717) is 57.3 Å². The molecule has 8 heteroatoms. The summed E-state index contributed by atoms with van der Waals surface area (Å²) in [7, 11) is 6.15. The van der Waals surface area contributed by atoms with Gasteiger partial charge in [-0.3, -0.25) is 9.69 Å². The van der Waals surface area contributed by atoms with Crippen LogP contribution in [0.1, 0.15) is 18.1 Å². The molecule has 2 aromatic rings. The molecule has 2 aromatic carbocycles. The number of hydrogen-bond donors (Lipinski definition) is 0. The van der Waals surface area contributed by atoms with E-state index in [1.165, 1.54) is 14.2 Å². The molecule has 0 unspecified atom stereocenters. The molecule has 1 saturated heterocycles. The maximum Gasteiger partial charge on any atom is 0.187 e. The number of benzene rings is 2. The van der Waals surface area contributed by atoms with E-state index in [9.17, 15) is 4.79 Å². The molecule has 6 nitrogen and oxygen atoms in total. The first-order chi connectivity index (χ1) is 15.8. The molecule has 0 saturated carbocycles. The Morgan fingerprint density at radius 3 is 1.55 bits per heavy atom. The molecule has 0 bridgehead atoms. The van der Waals surface area contributed by atoms with Crippen molar-refractivity contribution in [2.75, 3.05) is 48.1 Å². The molecule has 1 fully saturated rings. The summed E-state index contributed by atoms with van der Waals surface area (Å²) in [6.45, 7) is 3.92. The molecular weight excluding hydrogens is 465 g/mol. The predicted molar refractivity (Wildman–Crippen MR) is 132 cm³/mol. The Bertz CT molecular complexity index is 1030. The van der Waals surface area contributed by atoms with Crippen LogP contribution in [0.2, 0.25) is 10.0 Å². The van der Waals surface area contributed by atoms with Crippen LogP contribution >= 0.6 is 23.2 Å². The van der Waals surface area contributed by atoms with Gasteiger partial charge in [0.25, 0.3) is 0 Å². The van der Waals surface area contributed by atoms with Crippen LogP contribution in [-0.4, -0.2) is 58.8 Å². The van der Waals surface area contributed by atoms with Crippen molar-refractivity contribution in [1.29, 1.82) is 0 Å². The number of likely N-dealkylation sites (tertiary alicyclic amines) is 1. The highest BCUT2D eigenvalue weighted by atomic mass is 35.5. The van der Waals surface area contributed by atoms with Gasteiger partial charge < -0.3 is 18.9 Å². The van der Waals surface area contributed by atoms with Crippen molar-refractivity contribution in [3.05, 3.63) is 56.6 Å². The largest absolute Gasteiger partial charge is 0.493 e. The standard InChI is InChI=1S/C25H27Cl2NO5/c1-6-28-13-17(7-15-9-19(26)24(32-4)21(11-15)30-2)23(29)18(14-28)8-16-10-20(27)25(33-5)22(12-16)31-3/h7-12H,6,13-14H2,1-5H3/b17-7-,18-8+. The maximum atomic E-state index is 13.4. The zero-order valence-electron chi connectivity index (χ0n) is 19.3. The number of nitrogens with zero attached hydrogens (tertiary/aromatic N) is 1. The molecule has 0 aliphatic carbocycles. The summed E-state index contributed by atoms with van der Waals surface area (Å²) in [5.74, 6) is 1.89. The second-order valence-corrected chi connectivity index (χ2v) is 8.26. The predicted octanol–water partition coefficient (Wildman–Crippen LogP) is 5.40. The second-order valence-electron chi connectivity index (χ2n) is 7.45. The van der Waals surface area contributed by atoms with Crippen LogP contribution in [-0.2, 0) is 4.79 Å². The Kier molecular flexibility index (Phi) is 8.30. The smallest absolute Gasteiger partial charge is 0.187 e. The van der Waals surface area contributed by atoms with Gasteiger partial charge in [-0.25, -0.2) is 0 Å². The average molecular weight is 492 g/mol. The highest BCUT2D eigenvalue weighted by molar-refractivity contribution is 6.33. The Morgan fingerprint density at radius 1 is 0.788 bits per heavy atom. The lowest BCUT2D eigenvalue weighted by Gasteiger charge is -2.28. The summed E-state index contributed by atoms with van der Waals surface area (Å²) in [4.78, 5) is 15.6. The normalized spacial score (nSPS) is 16.9. The van der Waals surface area contributed by atoms with Crippen molar-refractivity contribution in [1.82, 2.24) is 4.90 Å². The Morgan fingerprint density at radius 2 is 1.21 bits per heavy atom. The lowest BCUT2D eigenvalue weighted by atomic mass is 9.94. The highest BCUT2D eigenvalue weighted by Gasteiger charge is 2.26. The fraction of sp³-hybridized carbons (Fsp3) is 0.320. The molecule has 0 spiro atoms. The van der Waals surface area contributed by atoms with Gasteiger partial charge in [0.2, 0.25) is 0 Å². The van der Waals surface area contributed by atoms with E-state index in [4.69, 9.17) is 42.1 Å². The van der Waals surface area contributed by atoms with E-state index >= 15 is 0 Å². The first kappa shape index (κ1) is 25.0. The van der Waals surface area contributed by atoms with Crippen molar-refractivity contribution in [3.63, 3.8) is 0 Å². The van der Waals surface area contributed by atoms with Gasteiger partial charge in [-0.15, -0.1) is 0 Å². The van der Waals surface area contributed by atoms with Crippen LogP contribution in [0.15, 0.2) is 35.4 Å². The molecule has 0 aromatic heterocycles. The Labute approximate surface area is 204 Å². The Hall–Kier alpha value is -2.67. The molecule has 176 valence electrons. The number of ether oxygens (including phenoxy) is 4. The summed E-state index contributed by atoms with van der Waals surface area (Å²) in [6.07, 6.45) is 3.68. The van der Waals surface area contributed by atoms with Crippen molar-refractivity contribution < 1.29 is 23.7 Å². The van der Waals surface area contributed by atoms with E-state index in [1.807, 2.05) is 12.2 Å². The minimum Gasteiger partial charge on any atom is -0.493 e. The van der Waals surface area contributed by atoms with Gasteiger partial charge in [0.05, 0.1) is 38.5 Å². The monoisotopic (exact) mass is 491 g/mol. The quantitative estimate of drug-likeness (QED) is 0.483. The fourth-order valence-corrected chi connectivity index (χ4v) is 4.37. The number of halogens is 2. The summed E-state index contributed by atoms with van der Waals surface area (Å²) in [6, 6.07) is 7.11. The lowest BCUT2D eigenvalue weighted by Crippen LogP contribution is -2.37. The Balaban J connectivity index is 2.03. The van der Waals surface area contributed by atoms with Crippen LogP contribution in [0.3, 0.4) is 0 Å². The summed E-state index contributed by atoms with van der Waals surface area (Å²) >= 11 is 12.7. The number of likely N-dealkylation sites (N-methyl/N-ethyl adjacent to an activating group) is 1. The van der Waals surface area contributed by atoms with Gasteiger partial charge in [0.1, 0.15) is 0 Å². The highest BCUT2D eigenvalue weighted by Crippen LogP contribution is 2.38. The van der Waals surface area contributed by atoms with Gasteiger partial charge in [-0.2, -0.15) is 0 Å². The first-order valence-corrected chi connectivity index (χ1v) is 11.1. The van der Waals surface area contributed by atoms with Crippen molar-refractivity contribution in [2.24, 2.45) is 0 Å². The summed E-state index contributed by atoms with van der Waals surface area (Å²) < 4.78 is 21.4. The molecule has 1 heterocycles. The number of hydrogen-bond acceptors (Lipinski definition) is 6. The van der Waals surface area contributed by atoms with Crippen LogP contribution in [0.5, 0.6) is 23.0 Å². The van der Waals surface area contributed by atoms with Crippen LogP contribution in [0.25, 0.3) is 12.2 Å². The SMILES string of the molecule is CCN1C/C(=C/c2cc(Cl)c(OC)c(OC)c2)C(=O)/C(=C/c2cc(Cl)c(OC)c(OC)c2)C1. The third-order valence-corrected chi connectivity index (χ3v) is 5.97. The molecule has 0 radical (unpaired) electrons. The molecule has 1 aliphatic heterocycles. The number of rotatable bonds is 7. The molecule has 0 amide bonds. The maximum absolute atomic E-state index is 13.4. The van der Waals surface area contributed by atoms with Crippen molar-refractivity contribution in [2.45, 2.75) is 6.92 Å². The molecular formula is C25H27Cl2NO5. The molecule has 3 rings (SSSR count). The van der Waals surface area contributed by atoms with E-state index < -0.39 is 0 Å². The van der Waals surface area contributed by atoms with E-state index in [2.05, 4.69) is 11.8 Å². The fourth-order valence-electron chi connectivity index (χ4n) is 3.78. The van der Waals surface area contributed by atoms with Gasteiger partial charge in [-0.1, -0.05) is 30.1 Å². The zero-order chi connectivity index (χ0) is 24.1. The van der Waals surface area contributed by atoms with Gasteiger partial charge in [0, 0.05) is 24.2 Å². The number of methoxy groups -OCH3 is 4. The van der Waals surface area contributed by atoms with Gasteiger partial charge in [0.15, 0.2) is 28.8 Å². The van der Waals surface area contributed by atoms with Crippen LogP contribution < -0.4 is 18.9 Å². The first-order valence-electron chi connectivity index (χ1n) is 10.4. The minimum atomic E-state index is -0.0310. The summed E-state index contributed by atoms with van der Waals surface area (Å²) in [5.41, 5.74) is 2.83. The number of carbonyl (C=O) groups is 1. The number of carbonyl (C=O) groups excluding carboxylic acids is 1. The third kappa shape index (κ3) is 5.46. The van der Waals surface area contributed by atoms with Gasteiger partial charge >= 0.3 is 0 Å². The van der Waals surface area contributed by atoms with E-state index in [1.54, 1.807) is 38.5 Å². The second kappa shape index (κ2) is 11.0. The van der Waals surface area contributed by atoms with Crippen LogP contribution in [0.4, 0.5) is 0 Å². The molecule has 33 heavy (non-hydrogen) atoms. The molecule has 0 N–H and O–H groups in total. The minimum absolute atomic E-state index is 0.0310. The van der Waals surface area contributed by atoms with Gasteiger partial charge in [-0.05, 0) is 54.1 Å². The summed E-state index contributed by atoms with van der Waals surface area (Å²) in [5, 5.41) is 0.824. The number of piperidine rings is 1. The average Bonchev–Trinajstić information content (AvgIpc) is 2.80. The molecule has 1 aliphatic rings. The van der Waals surface area contributed by atoms with Crippen molar-refractivity contribution in [3.8, 4) is 23.0 Å². The van der Waals surface area contributed by atoms with E-state index in [0.717, 1.165) is 17.7 Å². The number of Topliss-reactive ketones (excluding diaryl/α,β-unsaturated/α-hetero) is 1. The van der Waals surface area contributed by atoms with Crippen LogP contribution in [0, 0.1) is 0 Å². The van der Waals surface area contributed by atoms with Crippen molar-refractivity contribution >= 4 is 41.1 Å².